The summed E-state index contributed by atoms with van der Waals surface area (Å²) in [6, 6.07) is 6.56. The first-order valence-corrected chi connectivity index (χ1v) is 8.14. The summed E-state index contributed by atoms with van der Waals surface area (Å²) in [7, 11) is -2.91. The highest BCUT2D eigenvalue weighted by Crippen LogP contribution is 2.16. The zero-order chi connectivity index (χ0) is 13.9. The first kappa shape index (κ1) is 14.0. The van der Waals surface area contributed by atoms with Gasteiger partial charge in [-0.2, -0.15) is 0 Å². The molecule has 0 unspecified atom stereocenters. The number of aromatic nitrogens is 1. The number of fused-ring (bicyclic) bond motifs is 1. The summed E-state index contributed by atoms with van der Waals surface area (Å²) in [5.41, 5.74) is 0.978. The fourth-order valence-electron chi connectivity index (χ4n) is 1.95. The standard InChI is InChI=1S/C13H17FN2O2S/c1-19(17,18)9-6-15-5-8-16-7-4-11-10-12(14)2-3-13(11)16/h2-4,7,10,15H,5-6,8-9H2,1H3. The van der Waals surface area contributed by atoms with Gasteiger partial charge in [0.1, 0.15) is 15.7 Å². The molecule has 0 atom stereocenters. The van der Waals surface area contributed by atoms with Gasteiger partial charge in [-0.15, -0.1) is 0 Å². The third-order valence-corrected chi connectivity index (χ3v) is 3.86. The Bertz CT molecular complexity index is 664. The van der Waals surface area contributed by atoms with Crippen LogP contribution in [0.3, 0.4) is 0 Å². The maximum absolute atomic E-state index is 13.0. The van der Waals surface area contributed by atoms with Crippen LogP contribution in [0.1, 0.15) is 0 Å². The van der Waals surface area contributed by atoms with Crippen molar-refractivity contribution in [3.63, 3.8) is 0 Å². The Kier molecular flexibility index (Phi) is 4.21. The maximum atomic E-state index is 13.0. The van der Waals surface area contributed by atoms with Crippen molar-refractivity contribution >= 4 is 20.7 Å². The molecular formula is C13H17FN2O2S. The van der Waals surface area contributed by atoms with Crippen LogP contribution in [0.5, 0.6) is 0 Å². The molecule has 0 aliphatic carbocycles. The summed E-state index contributed by atoms with van der Waals surface area (Å²) in [6.45, 7) is 1.85. The Morgan fingerprint density at radius 3 is 2.79 bits per heavy atom. The molecule has 0 amide bonds. The van der Waals surface area contributed by atoms with E-state index in [0.717, 1.165) is 17.4 Å². The van der Waals surface area contributed by atoms with E-state index in [1.807, 2.05) is 16.8 Å². The third-order valence-electron chi connectivity index (χ3n) is 2.91. The van der Waals surface area contributed by atoms with Gasteiger partial charge in [0.2, 0.25) is 0 Å². The number of nitrogens with one attached hydrogen (secondary N) is 1. The van der Waals surface area contributed by atoms with Crippen molar-refractivity contribution in [1.29, 1.82) is 0 Å². The number of sulfone groups is 1. The molecule has 0 fully saturated rings. The lowest BCUT2D eigenvalue weighted by atomic mass is 10.2. The summed E-state index contributed by atoms with van der Waals surface area (Å²) in [5.74, 6) is -0.0958. The van der Waals surface area contributed by atoms with Crippen LogP contribution in [0.15, 0.2) is 30.5 Å². The summed E-state index contributed by atoms with van der Waals surface area (Å²) in [6.07, 6.45) is 3.13. The molecule has 4 nitrogen and oxygen atoms in total. The second-order valence-electron chi connectivity index (χ2n) is 4.59. The average molecular weight is 284 g/mol. The zero-order valence-electron chi connectivity index (χ0n) is 10.8. The Morgan fingerprint density at radius 1 is 1.26 bits per heavy atom. The van der Waals surface area contributed by atoms with Crippen molar-refractivity contribution in [2.75, 3.05) is 25.1 Å². The molecule has 19 heavy (non-hydrogen) atoms. The molecule has 6 heteroatoms. The molecule has 1 aromatic carbocycles. The van der Waals surface area contributed by atoms with E-state index in [2.05, 4.69) is 5.32 Å². The molecule has 0 saturated heterocycles. The summed E-state index contributed by atoms with van der Waals surface area (Å²) in [4.78, 5) is 0. The minimum atomic E-state index is -2.91. The van der Waals surface area contributed by atoms with Gasteiger partial charge < -0.3 is 9.88 Å². The molecule has 0 aliphatic rings. The van der Waals surface area contributed by atoms with Gasteiger partial charge in [0.05, 0.1) is 5.75 Å². The molecule has 0 aliphatic heterocycles. The van der Waals surface area contributed by atoms with E-state index in [0.29, 0.717) is 13.1 Å². The van der Waals surface area contributed by atoms with Crippen LogP contribution in [-0.2, 0) is 16.4 Å². The average Bonchev–Trinajstić information content (AvgIpc) is 2.69. The van der Waals surface area contributed by atoms with Gasteiger partial charge in [-0.05, 0) is 24.3 Å². The smallest absolute Gasteiger partial charge is 0.148 e. The number of rotatable bonds is 6. The Labute approximate surface area is 112 Å². The Morgan fingerprint density at radius 2 is 2.05 bits per heavy atom. The number of hydrogen-bond acceptors (Lipinski definition) is 3. The van der Waals surface area contributed by atoms with E-state index in [4.69, 9.17) is 0 Å². The number of nitrogens with zero attached hydrogens (tertiary/aromatic N) is 1. The summed E-state index contributed by atoms with van der Waals surface area (Å²) < 4.78 is 36.9. The lowest BCUT2D eigenvalue weighted by Crippen LogP contribution is -2.25. The minimum Gasteiger partial charge on any atom is -0.346 e. The quantitative estimate of drug-likeness (QED) is 0.816. The summed E-state index contributed by atoms with van der Waals surface area (Å²) in [5, 5.41) is 3.95. The van der Waals surface area contributed by atoms with Gasteiger partial charge in [-0.1, -0.05) is 0 Å². The topological polar surface area (TPSA) is 51.1 Å². The monoisotopic (exact) mass is 284 g/mol. The predicted molar refractivity (Wildman–Crippen MR) is 74.5 cm³/mol. The first-order chi connectivity index (χ1) is 8.96. The van der Waals surface area contributed by atoms with E-state index in [-0.39, 0.29) is 11.6 Å². The molecule has 2 rings (SSSR count). The Hall–Kier alpha value is -1.40. The van der Waals surface area contributed by atoms with Gasteiger partial charge in [-0.25, -0.2) is 12.8 Å². The lowest BCUT2D eigenvalue weighted by molar-refractivity contribution is 0.589. The van der Waals surface area contributed by atoms with Crippen molar-refractivity contribution in [1.82, 2.24) is 9.88 Å². The molecular weight excluding hydrogens is 267 g/mol. The molecule has 1 N–H and O–H groups in total. The van der Waals surface area contributed by atoms with Crippen LogP contribution in [-0.4, -0.2) is 38.1 Å². The van der Waals surface area contributed by atoms with Crippen molar-refractivity contribution < 1.29 is 12.8 Å². The van der Waals surface area contributed by atoms with Crippen molar-refractivity contribution in [2.45, 2.75) is 6.54 Å². The lowest BCUT2D eigenvalue weighted by Gasteiger charge is -2.07. The van der Waals surface area contributed by atoms with E-state index in [1.165, 1.54) is 18.4 Å². The molecule has 0 spiro atoms. The first-order valence-electron chi connectivity index (χ1n) is 6.08. The van der Waals surface area contributed by atoms with Crippen molar-refractivity contribution in [3.05, 3.63) is 36.3 Å². The molecule has 0 radical (unpaired) electrons. The second kappa shape index (κ2) is 5.71. The maximum Gasteiger partial charge on any atom is 0.148 e. The van der Waals surface area contributed by atoms with Gasteiger partial charge >= 0.3 is 0 Å². The van der Waals surface area contributed by atoms with E-state index in [9.17, 15) is 12.8 Å². The number of hydrogen-bond donors (Lipinski definition) is 1. The fourth-order valence-corrected chi connectivity index (χ4v) is 2.46. The molecule has 0 saturated carbocycles. The molecule has 2 aromatic rings. The minimum absolute atomic E-state index is 0.143. The highest BCUT2D eigenvalue weighted by molar-refractivity contribution is 7.90. The second-order valence-corrected chi connectivity index (χ2v) is 6.85. The molecule has 1 aromatic heterocycles. The fraction of sp³-hybridized carbons (Fsp3) is 0.385. The van der Waals surface area contributed by atoms with Crippen LogP contribution in [0.4, 0.5) is 4.39 Å². The molecule has 1 heterocycles. The van der Waals surface area contributed by atoms with Gasteiger partial charge in [-0.3, -0.25) is 0 Å². The van der Waals surface area contributed by atoms with E-state index >= 15 is 0 Å². The highest BCUT2D eigenvalue weighted by Gasteiger charge is 2.03. The van der Waals surface area contributed by atoms with E-state index in [1.54, 1.807) is 6.07 Å². The zero-order valence-corrected chi connectivity index (χ0v) is 11.6. The van der Waals surface area contributed by atoms with Crippen LogP contribution < -0.4 is 5.32 Å². The molecule has 0 bridgehead atoms. The van der Waals surface area contributed by atoms with Gasteiger partial charge in [0, 0.05) is 43.0 Å². The van der Waals surface area contributed by atoms with Crippen molar-refractivity contribution in [3.8, 4) is 0 Å². The van der Waals surface area contributed by atoms with Gasteiger partial charge in [0.25, 0.3) is 0 Å². The Balaban J connectivity index is 1.88. The van der Waals surface area contributed by atoms with Crippen molar-refractivity contribution in [2.24, 2.45) is 0 Å². The normalized spacial score (nSPS) is 12.1. The van der Waals surface area contributed by atoms with Crippen LogP contribution in [0.2, 0.25) is 0 Å². The van der Waals surface area contributed by atoms with Gasteiger partial charge in [0.15, 0.2) is 0 Å². The van der Waals surface area contributed by atoms with Crippen LogP contribution in [0.25, 0.3) is 10.9 Å². The number of halogens is 1. The predicted octanol–water partition coefficient (Wildman–Crippen LogP) is 1.41. The third kappa shape index (κ3) is 4.04. The van der Waals surface area contributed by atoms with Crippen LogP contribution in [0, 0.1) is 5.82 Å². The van der Waals surface area contributed by atoms with E-state index < -0.39 is 9.84 Å². The SMILES string of the molecule is CS(=O)(=O)CCNCCn1ccc2cc(F)ccc21. The number of benzene rings is 1. The van der Waals surface area contributed by atoms with Crippen LogP contribution >= 0.6 is 0 Å². The largest absolute Gasteiger partial charge is 0.346 e. The molecule has 104 valence electrons. The summed E-state index contributed by atoms with van der Waals surface area (Å²) >= 11 is 0. The highest BCUT2D eigenvalue weighted by atomic mass is 32.2.